The summed E-state index contributed by atoms with van der Waals surface area (Å²) >= 11 is 0. The van der Waals surface area contributed by atoms with Crippen LogP contribution in [0.15, 0.2) is 24.4 Å². The molecular formula is C11H10N4O. The van der Waals surface area contributed by atoms with Gasteiger partial charge in [-0.25, -0.2) is 4.98 Å². The van der Waals surface area contributed by atoms with Gasteiger partial charge in [0.15, 0.2) is 0 Å². The minimum Gasteiger partial charge on any atom is -0.506 e. The van der Waals surface area contributed by atoms with Crippen molar-refractivity contribution in [3.05, 3.63) is 24.4 Å². The minimum absolute atomic E-state index is 0.145. The van der Waals surface area contributed by atoms with Gasteiger partial charge in [-0.15, -0.1) is 0 Å². The van der Waals surface area contributed by atoms with E-state index in [4.69, 9.17) is 5.73 Å². The number of nitrogen functional groups attached to an aromatic ring is 1. The van der Waals surface area contributed by atoms with Gasteiger partial charge in [0.1, 0.15) is 16.8 Å². The zero-order valence-electron chi connectivity index (χ0n) is 8.68. The number of hydrogen-bond acceptors (Lipinski definition) is 4. The Labute approximate surface area is 91.2 Å². The standard InChI is InChI=1S/C11H10N4O/c1-15-7-5-8(16)10-6(3-2-4-13-10)9(7)14-11(15)12/h2-5,16H,1H3,(H2,12,14). The first-order valence-electron chi connectivity index (χ1n) is 4.87. The van der Waals surface area contributed by atoms with Crippen LogP contribution in [0.3, 0.4) is 0 Å². The molecule has 0 amide bonds. The van der Waals surface area contributed by atoms with Gasteiger partial charge in [0.2, 0.25) is 5.95 Å². The molecule has 3 rings (SSSR count). The van der Waals surface area contributed by atoms with Gasteiger partial charge in [-0.05, 0) is 12.1 Å². The van der Waals surface area contributed by atoms with Crippen LogP contribution in [0.1, 0.15) is 0 Å². The summed E-state index contributed by atoms with van der Waals surface area (Å²) in [7, 11) is 1.81. The number of pyridine rings is 1. The van der Waals surface area contributed by atoms with Crippen LogP contribution in [0.25, 0.3) is 21.9 Å². The maximum Gasteiger partial charge on any atom is 0.200 e. The van der Waals surface area contributed by atoms with Gasteiger partial charge in [-0.1, -0.05) is 0 Å². The summed E-state index contributed by atoms with van der Waals surface area (Å²) in [5.74, 6) is 0.567. The van der Waals surface area contributed by atoms with Gasteiger partial charge < -0.3 is 15.4 Å². The summed E-state index contributed by atoms with van der Waals surface area (Å²) in [5, 5.41) is 10.7. The Morgan fingerprint density at radius 1 is 1.38 bits per heavy atom. The summed E-state index contributed by atoms with van der Waals surface area (Å²) in [5.41, 5.74) is 7.86. The van der Waals surface area contributed by atoms with E-state index in [1.54, 1.807) is 16.8 Å². The number of nitrogens with two attached hydrogens (primary N) is 1. The van der Waals surface area contributed by atoms with Crippen molar-refractivity contribution in [2.45, 2.75) is 0 Å². The van der Waals surface area contributed by atoms with Crippen LogP contribution in [0.2, 0.25) is 0 Å². The summed E-state index contributed by atoms with van der Waals surface area (Å²) in [6, 6.07) is 5.32. The second-order valence-electron chi connectivity index (χ2n) is 3.69. The first kappa shape index (κ1) is 8.96. The Morgan fingerprint density at radius 3 is 3.00 bits per heavy atom. The fraction of sp³-hybridized carbons (Fsp3) is 0.0909. The molecule has 0 aliphatic carbocycles. The molecule has 0 saturated heterocycles. The van der Waals surface area contributed by atoms with Crippen LogP contribution in [0.4, 0.5) is 5.95 Å². The number of aromatic nitrogens is 3. The van der Waals surface area contributed by atoms with E-state index in [1.165, 1.54) is 0 Å². The van der Waals surface area contributed by atoms with Gasteiger partial charge in [0.05, 0.1) is 5.52 Å². The highest BCUT2D eigenvalue weighted by atomic mass is 16.3. The SMILES string of the molecule is Cn1c(N)nc2c3cccnc3c(O)cc21. The zero-order chi connectivity index (χ0) is 11.3. The molecule has 0 fully saturated rings. The molecule has 0 spiro atoms. The van der Waals surface area contributed by atoms with Crippen molar-refractivity contribution in [2.75, 3.05) is 5.73 Å². The van der Waals surface area contributed by atoms with Crippen molar-refractivity contribution in [2.24, 2.45) is 7.05 Å². The van der Waals surface area contributed by atoms with E-state index < -0.39 is 0 Å². The average molecular weight is 214 g/mol. The number of imidazole rings is 1. The van der Waals surface area contributed by atoms with E-state index in [0.717, 1.165) is 16.4 Å². The number of rotatable bonds is 0. The summed E-state index contributed by atoms with van der Waals surface area (Å²) < 4.78 is 1.74. The Balaban J connectivity index is 2.64. The molecule has 16 heavy (non-hydrogen) atoms. The third-order valence-corrected chi connectivity index (χ3v) is 2.75. The Bertz CT molecular complexity index is 702. The lowest BCUT2D eigenvalue weighted by atomic mass is 10.1. The molecule has 1 aromatic carbocycles. The Kier molecular flexibility index (Phi) is 1.60. The summed E-state index contributed by atoms with van der Waals surface area (Å²) in [6.07, 6.45) is 1.64. The molecule has 2 aromatic heterocycles. The third kappa shape index (κ3) is 0.995. The molecule has 0 saturated carbocycles. The number of phenols is 1. The van der Waals surface area contributed by atoms with Gasteiger partial charge in [-0.3, -0.25) is 4.98 Å². The van der Waals surface area contributed by atoms with Gasteiger partial charge in [0.25, 0.3) is 0 Å². The van der Waals surface area contributed by atoms with E-state index in [1.807, 2.05) is 19.2 Å². The number of benzene rings is 1. The van der Waals surface area contributed by atoms with Crippen molar-refractivity contribution >= 4 is 27.9 Å². The number of hydrogen-bond donors (Lipinski definition) is 2. The molecule has 0 aliphatic heterocycles. The lowest BCUT2D eigenvalue weighted by molar-refractivity contribution is 0.481. The van der Waals surface area contributed by atoms with Crippen LogP contribution < -0.4 is 5.73 Å². The second kappa shape index (κ2) is 2.85. The van der Waals surface area contributed by atoms with Crippen molar-refractivity contribution in [1.82, 2.24) is 14.5 Å². The smallest absolute Gasteiger partial charge is 0.200 e. The van der Waals surface area contributed by atoms with Crippen LogP contribution >= 0.6 is 0 Å². The number of fused-ring (bicyclic) bond motifs is 3. The molecule has 0 aliphatic rings. The number of phenolic OH excluding ortho intramolecular Hbond substituents is 1. The van der Waals surface area contributed by atoms with Crippen LogP contribution in [-0.4, -0.2) is 19.6 Å². The fourth-order valence-electron chi connectivity index (χ4n) is 1.89. The average Bonchev–Trinajstić information content (AvgIpc) is 2.57. The normalized spacial score (nSPS) is 11.3. The lowest BCUT2D eigenvalue weighted by Gasteiger charge is -2.01. The highest BCUT2D eigenvalue weighted by molar-refractivity contribution is 6.06. The van der Waals surface area contributed by atoms with Crippen LogP contribution in [-0.2, 0) is 7.05 Å². The molecule has 0 radical (unpaired) electrons. The van der Waals surface area contributed by atoms with Crippen LogP contribution in [0.5, 0.6) is 5.75 Å². The van der Waals surface area contributed by atoms with E-state index in [9.17, 15) is 5.11 Å². The largest absolute Gasteiger partial charge is 0.506 e. The molecule has 80 valence electrons. The maximum absolute atomic E-state index is 9.86. The van der Waals surface area contributed by atoms with Crippen molar-refractivity contribution in [1.29, 1.82) is 0 Å². The van der Waals surface area contributed by atoms with E-state index >= 15 is 0 Å². The van der Waals surface area contributed by atoms with E-state index in [-0.39, 0.29) is 5.75 Å². The van der Waals surface area contributed by atoms with Crippen LogP contribution in [0, 0.1) is 0 Å². The highest BCUT2D eigenvalue weighted by Gasteiger charge is 2.12. The Hall–Kier alpha value is -2.30. The van der Waals surface area contributed by atoms with E-state index in [0.29, 0.717) is 11.5 Å². The molecule has 5 heteroatoms. The predicted octanol–water partition coefficient (Wildman–Crippen LogP) is 1.41. The topological polar surface area (TPSA) is 77.0 Å². The molecule has 0 atom stereocenters. The Morgan fingerprint density at radius 2 is 2.19 bits per heavy atom. The fourth-order valence-corrected chi connectivity index (χ4v) is 1.89. The molecular weight excluding hydrogens is 204 g/mol. The second-order valence-corrected chi connectivity index (χ2v) is 3.69. The molecule has 5 nitrogen and oxygen atoms in total. The van der Waals surface area contributed by atoms with Crippen molar-refractivity contribution in [3.63, 3.8) is 0 Å². The lowest BCUT2D eigenvalue weighted by Crippen LogP contribution is -1.95. The highest BCUT2D eigenvalue weighted by Crippen LogP contribution is 2.31. The molecule has 0 bridgehead atoms. The zero-order valence-corrected chi connectivity index (χ0v) is 8.68. The first-order chi connectivity index (χ1) is 7.68. The van der Waals surface area contributed by atoms with Crippen molar-refractivity contribution in [3.8, 4) is 5.75 Å². The third-order valence-electron chi connectivity index (χ3n) is 2.75. The molecule has 2 heterocycles. The van der Waals surface area contributed by atoms with Gasteiger partial charge in [-0.2, -0.15) is 0 Å². The summed E-state index contributed by atoms with van der Waals surface area (Å²) in [6.45, 7) is 0. The monoisotopic (exact) mass is 214 g/mol. The molecule has 0 unspecified atom stereocenters. The number of aromatic hydroxyl groups is 1. The van der Waals surface area contributed by atoms with Crippen molar-refractivity contribution < 1.29 is 5.11 Å². The number of anilines is 1. The number of nitrogens with zero attached hydrogens (tertiary/aromatic N) is 3. The van der Waals surface area contributed by atoms with Gasteiger partial charge >= 0.3 is 0 Å². The van der Waals surface area contributed by atoms with Gasteiger partial charge in [0, 0.05) is 24.7 Å². The predicted molar refractivity (Wildman–Crippen MR) is 62.1 cm³/mol. The first-order valence-corrected chi connectivity index (χ1v) is 4.87. The summed E-state index contributed by atoms with van der Waals surface area (Å²) in [4.78, 5) is 8.40. The molecule has 3 N–H and O–H groups in total. The molecule has 3 aromatic rings. The van der Waals surface area contributed by atoms with E-state index in [2.05, 4.69) is 9.97 Å². The number of aryl methyl sites for hydroxylation is 1. The minimum atomic E-state index is 0.145. The quantitative estimate of drug-likeness (QED) is 0.593. The maximum atomic E-state index is 9.86.